The van der Waals surface area contributed by atoms with Gasteiger partial charge < -0.3 is 8.94 Å². The third-order valence-electron chi connectivity index (χ3n) is 3.82. The molecular weight excluding hydrogens is 290 g/mol. The van der Waals surface area contributed by atoms with Gasteiger partial charge in [0.15, 0.2) is 11.5 Å². The Bertz CT molecular complexity index is 985. The maximum atomic E-state index is 5.48. The molecule has 0 atom stereocenters. The van der Waals surface area contributed by atoms with Crippen LogP contribution in [-0.2, 0) is 6.42 Å². The summed E-state index contributed by atoms with van der Waals surface area (Å²) in [5, 5.41) is 4.08. The van der Waals surface area contributed by atoms with Crippen LogP contribution in [0.2, 0.25) is 0 Å². The normalized spacial score (nSPS) is 11.2. The van der Waals surface area contributed by atoms with Gasteiger partial charge in [-0.25, -0.2) is 4.98 Å². The predicted molar refractivity (Wildman–Crippen MR) is 86.0 cm³/mol. The molecule has 4 rings (SSSR count). The summed E-state index contributed by atoms with van der Waals surface area (Å²) in [4.78, 5) is 8.83. The third kappa shape index (κ3) is 2.61. The van der Waals surface area contributed by atoms with Crippen molar-refractivity contribution in [3.05, 3.63) is 65.4 Å². The van der Waals surface area contributed by atoms with Crippen LogP contribution in [0, 0.1) is 13.8 Å². The number of aromatic nitrogens is 3. The highest BCUT2D eigenvalue weighted by Crippen LogP contribution is 2.23. The van der Waals surface area contributed by atoms with Crippen molar-refractivity contribution in [1.82, 2.24) is 15.1 Å². The second kappa shape index (κ2) is 5.35. The van der Waals surface area contributed by atoms with Crippen molar-refractivity contribution in [1.29, 1.82) is 0 Å². The van der Waals surface area contributed by atoms with E-state index in [0.717, 1.165) is 16.7 Å². The zero-order valence-corrected chi connectivity index (χ0v) is 12.9. The quantitative estimate of drug-likeness (QED) is 0.570. The molecule has 0 N–H and O–H groups in total. The lowest BCUT2D eigenvalue weighted by atomic mass is 10.1. The molecule has 0 radical (unpaired) electrons. The Hall–Kier alpha value is -2.95. The first-order chi connectivity index (χ1) is 11.2. The zero-order chi connectivity index (χ0) is 15.8. The van der Waals surface area contributed by atoms with Gasteiger partial charge in [0.1, 0.15) is 5.52 Å². The SMILES string of the molecule is Cc1nc2cc(-c3noc(Cc4ccccc4C)n3)ccc2o1. The Morgan fingerprint density at radius 1 is 1.00 bits per heavy atom. The summed E-state index contributed by atoms with van der Waals surface area (Å²) >= 11 is 0. The second-order valence-electron chi connectivity index (χ2n) is 5.53. The van der Waals surface area contributed by atoms with E-state index in [4.69, 9.17) is 8.94 Å². The Kier molecular flexibility index (Phi) is 3.19. The van der Waals surface area contributed by atoms with Gasteiger partial charge in [0, 0.05) is 12.5 Å². The third-order valence-corrected chi connectivity index (χ3v) is 3.82. The van der Waals surface area contributed by atoms with E-state index < -0.39 is 0 Å². The molecule has 2 aromatic carbocycles. The molecule has 0 unspecified atom stereocenters. The molecule has 5 heteroatoms. The van der Waals surface area contributed by atoms with E-state index in [1.807, 2.05) is 37.3 Å². The Balaban J connectivity index is 1.65. The minimum atomic E-state index is 0.566. The summed E-state index contributed by atoms with van der Waals surface area (Å²) in [5.74, 6) is 1.81. The van der Waals surface area contributed by atoms with Crippen molar-refractivity contribution < 1.29 is 8.94 Å². The molecule has 0 spiro atoms. The van der Waals surface area contributed by atoms with Gasteiger partial charge in [-0.1, -0.05) is 29.4 Å². The van der Waals surface area contributed by atoms with Crippen LogP contribution in [0.4, 0.5) is 0 Å². The standard InChI is InChI=1S/C18H15N3O2/c1-11-5-3-4-6-13(11)10-17-20-18(21-23-17)14-7-8-16-15(9-14)19-12(2)22-16/h3-9H,10H2,1-2H3. The van der Waals surface area contributed by atoms with Crippen LogP contribution in [0.15, 0.2) is 51.4 Å². The average molecular weight is 305 g/mol. The first-order valence-electron chi connectivity index (χ1n) is 7.44. The van der Waals surface area contributed by atoms with Crippen LogP contribution < -0.4 is 0 Å². The summed E-state index contributed by atoms with van der Waals surface area (Å²) in [5.41, 5.74) is 4.82. The minimum Gasteiger partial charge on any atom is -0.441 e. The van der Waals surface area contributed by atoms with Gasteiger partial charge in [0.25, 0.3) is 0 Å². The summed E-state index contributed by atoms with van der Waals surface area (Å²) in [6, 6.07) is 13.9. The highest BCUT2D eigenvalue weighted by Gasteiger charge is 2.12. The summed E-state index contributed by atoms with van der Waals surface area (Å²) in [7, 11) is 0. The van der Waals surface area contributed by atoms with E-state index in [1.54, 1.807) is 0 Å². The number of aryl methyl sites for hydroxylation is 2. The van der Waals surface area contributed by atoms with E-state index in [0.29, 0.717) is 24.0 Å². The second-order valence-corrected chi connectivity index (χ2v) is 5.53. The van der Waals surface area contributed by atoms with Crippen molar-refractivity contribution >= 4 is 11.1 Å². The van der Waals surface area contributed by atoms with Crippen molar-refractivity contribution in [3.63, 3.8) is 0 Å². The lowest BCUT2D eigenvalue weighted by molar-refractivity contribution is 0.385. The van der Waals surface area contributed by atoms with Gasteiger partial charge in [-0.05, 0) is 36.2 Å². The molecular formula is C18H15N3O2. The van der Waals surface area contributed by atoms with E-state index >= 15 is 0 Å². The van der Waals surface area contributed by atoms with Gasteiger partial charge in [-0.15, -0.1) is 0 Å². The van der Waals surface area contributed by atoms with Gasteiger partial charge in [-0.3, -0.25) is 0 Å². The Labute approximate surface area is 133 Å². The molecule has 0 aliphatic heterocycles. The monoisotopic (exact) mass is 305 g/mol. The van der Waals surface area contributed by atoms with Gasteiger partial charge in [0.2, 0.25) is 11.7 Å². The van der Waals surface area contributed by atoms with Crippen LogP contribution in [0.1, 0.15) is 22.9 Å². The predicted octanol–water partition coefficient (Wildman–Crippen LogP) is 4.09. The molecule has 0 saturated heterocycles. The fourth-order valence-corrected chi connectivity index (χ4v) is 2.60. The maximum Gasteiger partial charge on any atom is 0.231 e. The van der Waals surface area contributed by atoms with Gasteiger partial charge in [-0.2, -0.15) is 4.98 Å². The molecule has 2 heterocycles. The lowest BCUT2D eigenvalue weighted by Gasteiger charge is -2.00. The van der Waals surface area contributed by atoms with Crippen LogP contribution in [-0.4, -0.2) is 15.1 Å². The molecule has 23 heavy (non-hydrogen) atoms. The number of benzene rings is 2. The van der Waals surface area contributed by atoms with Crippen molar-refractivity contribution in [2.45, 2.75) is 20.3 Å². The summed E-state index contributed by atoms with van der Waals surface area (Å²) < 4.78 is 10.9. The number of nitrogens with zero attached hydrogens (tertiary/aromatic N) is 3. The number of fused-ring (bicyclic) bond motifs is 1. The molecule has 0 aliphatic rings. The van der Waals surface area contributed by atoms with E-state index in [9.17, 15) is 0 Å². The maximum absolute atomic E-state index is 5.48. The van der Waals surface area contributed by atoms with Crippen LogP contribution in [0.25, 0.3) is 22.5 Å². The molecule has 0 amide bonds. The zero-order valence-electron chi connectivity index (χ0n) is 12.9. The highest BCUT2D eigenvalue weighted by atomic mass is 16.5. The molecule has 114 valence electrons. The topological polar surface area (TPSA) is 65.0 Å². The molecule has 5 nitrogen and oxygen atoms in total. The number of oxazole rings is 1. The number of hydrogen-bond acceptors (Lipinski definition) is 5. The van der Waals surface area contributed by atoms with Crippen LogP contribution in [0.3, 0.4) is 0 Å². The Morgan fingerprint density at radius 2 is 1.87 bits per heavy atom. The summed E-state index contributed by atoms with van der Waals surface area (Å²) in [6.07, 6.45) is 0.630. The lowest BCUT2D eigenvalue weighted by Crippen LogP contribution is -1.91. The minimum absolute atomic E-state index is 0.566. The van der Waals surface area contributed by atoms with E-state index in [1.165, 1.54) is 11.1 Å². The van der Waals surface area contributed by atoms with Crippen molar-refractivity contribution in [2.75, 3.05) is 0 Å². The number of rotatable bonds is 3. The molecule has 2 aromatic heterocycles. The molecule has 4 aromatic rings. The molecule has 0 aliphatic carbocycles. The molecule has 0 bridgehead atoms. The van der Waals surface area contributed by atoms with Crippen LogP contribution >= 0.6 is 0 Å². The number of hydrogen-bond donors (Lipinski definition) is 0. The first kappa shape index (κ1) is 13.7. The van der Waals surface area contributed by atoms with Gasteiger partial charge >= 0.3 is 0 Å². The van der Waals surface area contributed by atoms with Crippen LogP contribution in [0.5, 0.6) is 0 Å². The van der Waals surface area contributed by atoms with Crippen molar-refractivity contribution in [3.8, 4) is 11.4 Å². The average Bonchev–Trinajstić information content (AvgIpc) is 3.14. The highest BCUT2D eigenvalue weighted by molar-refractivity contribution is 5.78. The Morgan fingerprint density at radius 3 is 2.74 bits per heavy atom. The van der Waals surface area contributed by atoms with E-state index in [-0.39, 0.29) is 0 Å². The van der Waals surface area contributed by atoms with Gasteiger partial charge in [0.05, 0.1) is 6.42 Å². The molecule has 0 fully saturated rings. The fourth-order valence-electron chi connectivity index (χ4n) is 2.60. The largest absolute Gasteiger partial charge is 0.441 e. The van der Waals surface area contributed by atoms with E-state index in [2.05, 4.69) is 34.2 Å². The molecule has 0 saturated carbocycles. The fraction of sp³-hybridized carbons (Fsp3) is 0.167. The summed E-state index contributed by atoms with van der Waals surface area (Å²) in [6.45, 7) is 3.90. The first-order valence-corrected chi connectivity index (χ1v) is 7.44. The smallest absolute Gasteiger partial charge is 0.231 e. The van der Waals surface area contributed by atoms with Crippen molar-refractivity contribution in [2.24, 2.45) is 0 Å².